The molecule has 0 bridgehead atoms. The summed E-state index contributed by atoms with van der Waals surface area (Å²) in [7, 11) is -3.29. The number of aliphatic hydroxyl groups is 1. The Kier molecular flexibility index (Phi) is 4.34. The first-order valence-electron chi connectivity index (χ1n) is 5.86. The summed E-state index contributed by atoms with van der Waals surface area (Å²) in [6, 6.07) is 7.01. The van der Waals surface area contributed by atoms with Crippen LogP contribution in [0, 0.1) is 0 Å². The van der Waals surface area contributed by atoms with Crippen LogP contribution in [0.5, 0.6) is 0 Å². The fourth-order valence-electron chi connectivity index (χ4n) is 1.94. The molecule has 6 heteroatoms. The molecule has 18 heavy (non-hydrogen) atoms. The second-order valence-corrected chi connectivity index (χ2v) is 6.21. The van der Waals surface area contributed by atoms with Gasteiger partial charge in [-0.2, -0.15) is 4.31 Å². The topological polar surface area (TPSA) is 66.8 Å². The highest BCUT2D eigenvalue weighted by Gasteiger charge is 2.24. The summed E-state index contributed by atoms with van der Waals surface area (Å²) in [4.78, 5) is 0. The summed E-state index contributed by atoms with van der Waals surface area (Å²) >= 11 is 0. The second kappa shape index (κ2) is 5.79. The zero-order valence-corrected chi connectivity index (χ0v) is 10.9. The van der Waals surface area contributed by atoms with Crippen molar-refractivity contribution in [2.24, 2.45) is 0 Å². The normalized spacial score (nSPS) is 17.8. The van der Waals surface area contributed by atoms with E-state index in [9.17, 15) is 8.42 Å². The first-order chi connectivity index (χ1) is 8.62. The molecule has 100 valence electrons. The van der Waals surface area contributed by atoms with Gasteiger partial charge in [0.25, 0.3) is 0 Å². The van der Waals surface area contributed by atoms with Gasteiger partial charge in [0.05, 0.1) is 25.6 Å². The molecule has 0 spiro atoms. The van der Waals surface area contributed by atoms with Gasteiger partial charge in [0, 0.05) is 13.1 Å². The highest BCUT2D eigenvalue weighted by Crippen LogP contribution is 2.14. The van der Waals surface area contributed by atoms with E-state index in [4.69, 9.17) is 9.84 Å². The SMILES string of the molecule is O=S(=O)(Cc1cccc(CO)c1)N1CCOCC1. The van der Waals surface area contributed by atoms with Crippen molar-refractivity contribution in [3.05, 3.63) is 35.4 Å². The molecule has 0 atom stereocenters. The number of hydrogen-bond acceptors (Lipinski definition) is 4. The Bertz CT molecular complexity index is 495. The molecular formula is C12H17NO4S. The van der Waals surface area contributed by atoms with Crippen molar-refractivity contribution in [3.63, 3.8) is 0 Å². The van der Waals surface area contributed by atoms with Gasteiger partial charge in [0.2, 0.25) is 10.0 Å². The van der Waals surface area contributed by atoms with Crippen LogP contribution in [0.25, 0.3) is 0 Å². The number of nitrogens with zero attached hydrogens (tertiary/aromatic N) is 1. The summed E-state index contributed by atoms with van der Waals surface area (Å²) in [6.45, 7) is 1.67. The van der Waals surface area contributed by atoms with Crippen LogP contribution >= 0.6 is 0 Å². The van der Waals surface area contributed by atoms with E-state index in [2.05, 4.69) is 0 Å². The molecule has 1 aliphatic rings. The van der Waals surface area contributed by atoms with Crippen molar-refractivity contribution in [2.75, 3.05) is 26.3 Å². The molecule has 2 rings (SSSR count). The van der Waals surface area contributed by atoms with Crippen molar-refractivity contribution in [2.45, 2.75) is 12.4 Å². The van der Waals surface area contributed by atoms with Gasteiger partial charge in [-0.25, -0.2) is 8.42 Å². The van der Waals surface area contributed by atoms with Gasteiger partial charge in [-0.05, 0) is 11.1 Å². The van der Waals surface area contributed by atoms with E-state index in [0.29, 0.717) is 31.9 Å². The lowest BCUT2D eigenvalue weighted by molar-refractivity contribution is 0.0729. The van der Waals surface area contributed by atoms with Crippen LogP contribution in [0.15, 0.2) is 24.3 Å². The summed E-state index contributed by atoms with van der Waals surface area (Å²) in [5.41, 5.74) is 1.43. The van der Waals surface area contributed by atoms with Gasteiger partial charge < -0.3 is 9.84 Å². The number of morpholine rings is 1. The molecule has 1 saturated heterocycles. The molecule has 1 aromatic carbocycles. The molecule has 1 fully saturated rings. The summed E-state index contributed by atoms with van der Waals surface area (Å²) in [5, 5.41) is 9.03. The largest absolute Gasteiger partial charge is 0.392 e. The zero-order chi connectivity index (χ0) is 13.0. The minimum Gasteiger partial charge on any atom is -0.392 e. The number of benzene rings is 1. The summed E-state index contributed by atoms with van der Waals surface area (Å²) in [6.07, 6.45) is 0. The lowest BCUT2D eigenvalue weighted by atomic mass is 10.1. The van der Waals surface area contributed by atoms with Crippen molar-refractivity contribution in [1.82, 2.24) is 4.31 Å². The minimum atomic E-state index is -3.29. The van der Waals surface area contributed by atoms with Crippen LogP contribution < -0.4 is 0 Å². The van der Waals surface area contributed by atoms with Crippen molar-refractivity contribution in [1.29, 1.82) is 0 Å². The third-order valence-electron chi connectivity index (χ3n) is 2.89. The van der Waals surface area contributed by atoms with E-state index in [0.717, 1.165) is 5.56 Å². The number of rotatable bonds is 4. The zero-order valence-electron chi connectivity index (χ0n) is 10.1. The van der Waals surface area contributed by atoms with E-state index < -0.39 is 10.0 Å². The van der Waals surface area contributed by atoms with Gasteiger partial charge >= 0.3 is 0 Å². The smallest absolute Gasteiger partial charge is 0.218 e. The Morgan fingerprint density at radius 1 is 1.22 bits per heavy atom. The number of ether oxygens (including phenoxy) is 1. The Balaban J connectivity index is 2.11. The lowest BCUT2D eigenvalue weighted by Crippen LogP contribution is -2.41. The Morgan fingerprint density at radius 3 is 2.56 bits per heavy atom. The first kappa shape index (κ1) is 13.5. The van der Waals surface area contributed by atoms with Crippen LogP contribution in [0.1, 0.15) is 11.1 Å². The standard InChI is InChI=1S/C12H17NO4S/c14-9-11-2-1-3-12(8-11)10-18(15,16)13-4-6-17-7-5-13/h1-3,8,14H,4-7,9-10H2. The molecule has 1 N–H and O–H groups in total. The number of aliphatic hydroxyl groups excluding tert-OH is 1. The number of sulfonamides is 1. The summed E-state index contributed by atoms with van der Waals surface area (Å²) in [5.74, 6) is -0.0269. The Hall–Kier alpha value is -0.950. The van der Waals surface area contributed by atoms with Crippen molar-refractivity contribution < 1.29 is 18.3 Å². The van der Waals surface area contributed by atoms with Gasteiger partial charge in [0.1, 0.15) is 0 Å². The van der Waals surface area contributed by atoms with E-state index in [1.165, 1.54) is 4.31 Å². The molecule has 1 aromatic rings. The molecule has 1 aliphatic heterocycles. The van der Waals surface area contributed by atoms with Crippen molar-refractivity contribution >= 4 is 10.0 Å². The molecule has 0 amide bonds. The fraction of sp³-hybridized carbons (Fsp3) is 0.500. The monoisotopic (exact) mass is 271 g/mol. The molecule has 0 unspecified atom stereocenters. The van der Waals surface area contributed by atoms with Crippen LogP contribution in [-0.2, 0) is 27.1 Å². The third-order valence-corrected chi connectivity index (χ3v) is 4.74. The molecule has 0 aliphatic carbocycles. The molecule has 0 radical (unpaired) electrons. The molecule has 0 aromatic heterocycles. The Morgan fingerprint density at radius 2 is 1.89 bits per heavy atom. The Labute approximate surface area is 107 Å². The van der Waals surface area contributed by atoms with Gasteiger partial charge in [-0.3, -0.25) is 0 Å². The number of hydrogen-bond donors (Lipinski definition) is 1. The molecule has 5 nitrogen and oxygen atoms in total. The summed E-state index contributed by atoms with van der Waals surface area (Å²) < 4.78 is 30.9. The van der Waals surface area contributed by atoms with Gasteiger partial charge in [0.15, 0.2) is 0 Å². The van der Waals surface area contributed by atoms with Crippen LogP contribution in [-0.4, -0.2) is 44.1 Å². The lowest BCUT2D eigenvalue weighted by Gasteiger charge is -2.26. The van der Waals surface area contributed by atoms with Crippen LogP contribution in [0.4, 0.5) is 0 Å². The second-order valence-electron chi connectivity index (χ2n) is 4.25. The predicted molar refractivity (Wildman–Crippen MR) is 67.4 cm³/mol. The van der Waals surface area contributed by atoms with Gasteiger partial charge in [-0.1, -0.05) is 24.3 Å². The maximum Gasteiger partial charge on any atom is 0.218 e. The fourth-order valence-corrected chi connectivity index (χ4v) is 3.43. The molecule has 1 heterocycles. The van der Waals surface area contributed by atoms with E-state index >= 15 is 0 Å². The van der Waals surface area contributed by atoms with Crippen molar-refractivity contribution in [3.8, 4) is 0 Å². The predicted octanol–water partition coefficient (Wildman–Crippen LogP) is 0.341. The van der Waals surface area contributed by atoms with Gasteiger partial charge in [-0.15, -0.1) is 0 Å². The maximum atomic E-state index is 12.2. The molecular weight excluding hydrogens is 254 g/mol. The van der Waals surface area contributed by atoms with E-state index in [1.54, 1.807) is 24.3 Å². The first-order valence-corrected chi connectivity index (χ1v) is 7.47. The third kappa shape index (κ3) is 3.29. The van der Waals surface area contributed by atoms with Crippen LogP contribution in [0.3, 0.4) is 0 Å². The highest BCUT2D eigenvalue weighted by atomic mass is 32.2. The van der Waals surface area contributed by atoms with E-state index in [-0.39, 0.29) is 12.4 Å². The maximum absolute atomic E-state index is 12.2. The quantitative estimate of drug-likeness (QED) is 0.857. The highest BCUT2D eigenvalue weighted by molar-refractivity contribution is 7.88. The minimum absolute atomic E-state index is 0.0269. The van der Waals surface area contributed by atoms with Crippen LogP contribution in [0.2, 0.25) is 0 Å². The van der Waals surface area contributed by atoms with E-state index in [1.807, 2.05) is 0 Å². The molecule has 0 saturated carbocycles. The average molecular weight is 271 g/mol. The average Bonchev–Trinajstić information content (AvgIpc) is 2.39.